The fourth-order valence-corrected chi connectivity index (χ4v) is 4.00. The standard InChI is InChI=1S/C23H25N/c1-4-5-6-17-7-8-19-15-22(16(2)21(19)13-17)18-9-10-23-20(14-18)11-12-24(23)3/h7-14,22H,2,4-6,15H2,1,3H3. The number of aromatic nitrogens is 1. The SMILES string of the molecule is C=C1c2cc(CCCC)ccc2CC1c1ccc2c(ccn2C)c1. The van der Waals surface area contributed by atoms with Gasteiger partial charge in [-0.05, 0) is 70.7 Å². The van der Waals surface area contributed by atoms with Crippen LogP contribution in [0.4, 0.5) is 0 Å². The van der Waals surface area contributed by atoms with Crippen LogP contribution in [-0.2, 0) is 19.9 Å². The van der Waals surface area contributed by atoms with Crippen LogP contribution in [0.5, 0.6) is 0 Å². The van der Waals surface area contributed by atoms with Crippen molar-refractivity contribution in [3.63, 3.8) is 0 Å². The molecule has 3 aromatic rings. The summed E-state index contributed by atoms with van der Waals surface area (Å²) in [5, 5.41) is 1.32. The van der Waals surface area contributed by atoms with Crippen LogP contribution in [0.2, 0.25) is 0 Å². The maximum absolute atomic E-state index is 4.45. The number of aryl methyl sites for hydroxylation is 2. The lowest BCUT2D eigenvalue weighted by Gasteiger charge is -2.12. The number of hydrogen-bond acceptors (Lipinski definition) is 0. The highest BCUT2D eigenvalue weighted by Gasteiger charge is 2.27. The van der Waals surface area contributed by atoms with Crippen LogP contribution in [-0.4, -0.2) is 4.57 Å². The number of fused-ring (bicyclic) bond motifs is 2. The molecular formula is C23H25N. The van der Waals surface area contributed by atoms with Crippen molar-refractivity contribution in [1.82, 2.24) is 4.57 Å². The molecule has 2 aromatic carbocycles. The van der Waals surface area contributed by atoms with E-state index >= 15 is 0 Å². The molecule has 4 rings (SSSR count). The van der Waals surface area contributed by atoms with Crippen molar-refractivity contribution in [1.29, 1.82) is 0 Å². The molecule has 1 aliphatic rings. The number of nitrogens with zero attached hydrogens (tertiary/aromatic N) is 1. The molecule has 0 saturated carbocycles. The van der Waals surface area contributed by atoms with Crippen molar-refractivity contribution in [3.05, 3.63) is 77.5 Å². The lowest BCUT2D eigenvalue weighted by Crippen LogP contribution is -1.96. The van der Waals surface area contributed by atoms with E-state index in [0.29, 0.717) is 5.92 Å². The summed E-state index contributed by atoms with van der Waals surface area (Å²) in [5.41, 5.74) is 8.28. The smallest absolute Gasteiger partial charge is 0.0477 e. The highest BCUT2D eigenvalue weighted by molar-refractivity contribution is 5.83. The number of rotatable bonds is 4. The molecule has 1 unspecified atom stereocenters. The van der Waals surface area contributed by atoms with Crippen LogP contribution in [0.3, 0.4) is 0 Å². The van der Waals surface area contributed by atoms with Gasteiger partial charge in [0.05, 0.1) is 0 Å². The molecule has 1 aliphatic carbocycles. The summed E-state index contributed by atoms with van der Waals surface area (Å²) in [6.45, 7) is 6.71. The summed E-state index contributed by atoms with van der Waals surface area (Å²) >= 11 is 0. The Balaban J connectivity index is 1.66. The largest absolute Gasteiger partial charge is 0.351 e. The van der Waals surface area contributed by atoms with Gasteiger partial charge in [-0.1, -0.05) is 44.2 Å². The van der Waals surface area contributed by atoms with Crippen molar-refractivity contribution >= 4 is 16.5 Å². The molecule has 122 valence electrons. The van der Waals surface area contributed by atoms with Gasteiger partial charge in [0, 0.05) is 24.7 Å². The van der Waals surface area contributed by atoms with Gasteiger partial charge in [0.15, 0.2) is 0 Å². The maximum atomic E-state index is 4.45. The van der Waals surface area contributed by atoms with Gasteiger partial charge in [0.25, 0.3) is 0 Å². The first-order chi connectivity index (χ1) is 11.7. The topological polar surface area (TPSA) is 4.93 Å². The third-order valence-corrected chi connectivity index (χ3v) is 5.50. The van der Waals surface area contributed by atoms with Gasteiger partial charge in [-0.15, -0.1) is 0 Å². The van der Waals surface area contributed by atoms with Gasteiger partial charge in [-0.2, -0.15) is 0 Å². The number of allylic oxidation sites excluding steroid dienone is 1. The third kappa shape index (κ3) is 2.49. The molecule has 0 fully saturated rings. The second kappa shape index (κ2) is 5.98. The van der Waals surface area contributed by atoms with E-state index < -0.39 is 0 Å². The highest BCUT2D eigenvalue weighted by atomic mass is 14.9. The molecule has 1 heteroatoms. The Hall–Kier alpha value is -2.28. The van der Waals surface area contributed by atoms with Gasteiger partial charge >= 0.3 is 0 Å². The quantitative estimate of drug-likeness (QED) is 0.567. The van der Waals surface area contributed by atoms with E-state index in [1.165, 1.54) is 58.0 Å². The van der Waals surface area contributed by atoms with Crippen molar-refractivity contribution < 1.29 is 0 Å². The molecule has 0 amide bonds. The summed E-state index contributed by atoms with van der Waals surface area (Å²) in [6.07, 6.45) is 6.90. The first-order valence-corrected chi connectivity index (χ1v) is 9.03. The second-order valence-electron chi connectivity index (χ2n) is 7.12. The predicted octanol–water partition coefficient (Wildman–Crippen LogP) is 5.87. The third-order valence-electron chi connectivity index (χ3n) is 5.50. The molecule has 1 nitrogen and oxygen atoms in total. The minimum absolute atomic E-state index is 0.422. The Morgan fingerprint density at radius 3 is 2.83 bits per heavy atom. The van der Waals surface area contributed by atoms with E-state index in [4.69, 9.17) is 0 Å². The van der Waals surface area contributed by atoms with Gasteiger partial charge < -0.3 is 4.57 Å². The van der Waals surface area contributed by atoms with E-state index in [2.05, 4.69) is 73.8 Å². The zero-order valence-electron chi connectivity index (χ0n) is 14.7. The average molecular weight is 315 g/mol. The molecular weight excluding hydrogens is 290 g/mol. The number of hydrogen-bond donors (Lipinski definition) is 0. The Bertz CT molecular complexity index is 913. The van der Waals surface area contributed by atoms with Gasteiger partial charge in [-0.25, -0.2) is 0 Å². The van der Waals surface area contributed by atoms with Gasteiger partial charge in [0.2, 0.25) is 0 Å². The molecule has 0 bridgehead atoms. The van der Waals surface area contributed by atoms with E-state index in [9.17, 15) is 0 Å². The van der Waals surface area contributed by atoms with Crippen LogP contribution >= 0.6 is 0 Å². The molecule has 0 spiro atoms. The van der Waals surface area contributed by atoms with E-state index in [0.717, 1.165) is 6.42 Å². The lowest BCUT2D eigenvalue weighted by atomic mass is 9.92. The Labute approximate surface area is 144 Å². The minimum atomic E-state index is 0.422. The molecule has 1 aromatic heterocycles. The van der Waals surface area contributed by atoms with E-state index in [1.807, 2.05) is 0 Å². The fraction of sp³-hybridized carbons (Fsp3) is 0.304. The summed E-state index contributed by atoms with van der Waals surface area (Å²) < 4.78 is 2.18. The second-order valence-corrected chi connectivity index (χ2v) is 7.12. The summed E-state index contributed by atoms with van der Waals surface area (Å²) in [4.78, 5) is 0. The van der Waals surface area contributed by atoms with Crippen molar-refractivity contribution in [3.8, 4) is 0 Å². The number of unbranched alkanes of at least 4 members (excludes halogenated alkanes) is 1. The van der Waals surface area contributed by atoms with Crippen molar-refractivity contribution in [2.75, 3.05) is 0 Å². The highest BCUT2D eigenvalue weighted by Crippen LogP contribution is 2.43. The number of benzene rings is 2. The van der Waals surface area contributed by atoms with E-state index in [-0.39, 0.29) is 0 Å². The first-order valence-electron chi connectivity index (χ1n) is 9.03. The predicted molar refractivity (Wildman–Crippen MR) is 103 cm³/mol. The molecule has 1 heterocycles. The maximum Gasteiger partial charge on any atom is 0.0477 e. The fourth-order valence-electron chi connectivity index (χ4n) is 4.00. The summed E-state index contributed by atoms with van der Waals surface area (Å²) in [6, 6.07) is 16.1. The van der Waals surface area contributed by atoms with Crippen molar-refractivity contribution in [2.24, 2.45) is 7.05 Å². The van der Waals surface area contributed by atoms with Gasteiger partial charge in [0.1, 0.15) is 0 Å². The zero-order chi connectivity index (χ0) is 16.7. The molecule has 24 heavy (non-hydrogen) atoms. The molecule has 0 N–H and O–H groups in total. The monoisotopic (exact) mass is 315 g/mol. The van der Waals surface area contributed by atoms with Crippen LogP contribution in [0.1, 0.15) is 47.9 Å². The summed E-state index contributed by atoms with van der Waals surface area (Å²) in [7, 11) is 2.10. The van der Waals surface area contributed by atoms with Crippen molar-refractivity contribution in [2.45, 2.75) is 38.5 Å². The van der Waals surface area contributed by atoms with Crippen LogP contribution in [0.15, 0.2) is 55.2 Å². The Kier molecular flexibility index (Phi) is 3.80. The minimum Gasteiger partial charge on any atom is -0.351 e. The van der Waals surface area contributed by atoms with E-state index in [1.54, 1.807) is 0 Å². The lowest BCUT2D eigenvalue weighted by molar-refractivity contribution is 0.794. The normalized spacial score (nSPS) is 16.8. The molecule has 0 aliphatic heterocycles. The molecule has 0 saturated heterocycles. The molecule has 0 radical (unpaired) electrons. The average Bonchev–Trinajstić information content (AvgIpc) is 3.13. The first kappa shape index (κ1) is 15.3. The Morgan fingerprint density at radius 1 is 1.12 bits per heavy atom. The van der Waals surface area contributed by atoms with Crippen LogP contribution in [0, 0.1) is 0 Å². The van der Waals surface area contributed by atoms with Crippen LogP contribution < -0.4 is 0 Å². The van der Waals surface area contributed by atoms with Crippen LogP contribution in [0.25, 0.3) is 16.5 Å². The molecule has 1 atom stereocenters. The zero-order valence-corrected chi connectivity index (χ0v) is 14.7. The summed E-state index contributed by atoms with van der Waals surface area (Å²) in [5.74, 6) is 0.422. The Morgan fingerprint density at radius 2 is 2.00 bits per heavy atom. The van der Waals surface area contributed by atoms with Gasteiger partial charge in [-0.3, -0.25) is 0 Å².